The van der Waals surface area contributed by atoms with Crippen molar-refractivity contribution in [1.82, 2.24) is 5.32 Å². The van der Waals surface area contributed by atoms with Gasteiger partial charge in [0.25, 0.3) is 0 Å². The number of dihydropyridines is 1. The first kappa shape index (κ1) is 12.8. The predicted molar refractivity (Wildman–Crippen MR) is 89.9 cm³/mol. The largest absolute Gasteiger partial charge is 0.378 e. The average Bonchev–Trinajstić information content (AvgIpc) is 2.97. The molecule has 2 nitrogen and oxygen atoms in total. The molecule has 1 aromatic rings. The Kier molecular flexibility index (Phi) is 3.10. The van der Waals surface area contributed by atoms with E-state index in [1.165, 1.54) is 41.9 Å². The fraction of sp³-hybridized carbons (Fsp3) is 0.368. The van der Waals surface area contributed by atoms with Crippen molar-refractivity contribution in [3.8, 4) is 0 Å². The van der Waals surface area contributed by atoms with E-state index in [9.17, 15) is 0 Å². The number of fused-ring (bicyclic) bond motifs is 1. The molecule has 2 N–H and O–H groups in total. The third kappa shape index (κ3) is 2.29. The number of hydrogen-bond donors (Lipinski definition) is 2. The molecular formula is C19H24N2. The molecule has 1 heterocycles. The Labute approximate surface area is 128 Å². The third-order valence-electron chi connectivity index (χ3n) is 4.80. The van der Waals surface area contributed by atoms with Crippen LogP contribution in [0.5, 0.6) is 0 Å². The monoisotopic (exact) mass is 280 g/mol. The summed E-state index contributed by atoms with van der Waals surface area (Å²) in [6.45, 7) is 2.30. The minimum atomic E-state index is 0. The van der Waals surface area contributed by atoms with Gasteiger partial charge in [-0.1, -0.05) is 31.2 Å². The van der Waals surface area contributed by atoms with E-state index in [0.29, 0.717) is 12.0 Å². The first-order valence-electron chi connectivity index (χ1n) is 8.04. The Morgan fingerprint density at radius 3 is 2.95 bits per heavy atom. The van der Waals surface area contributed by atoms with Crippen LogP contribution >= 0.6 is 0 Å². The van der Waals surface area contributed by atoms with Gasteiger partial charge in [-0.2, -0.15) is 0 Å². The van der Waals surface area contributed by atoms with E-state index in [4.69, 9.17) is 0 Å². The number of para-hydroxylation sites is 1. The normalized spacial score (nSPS) is 27.3. The summed E-state index contributed by atoms with van der Waals surface area (Å²) in [5, 5.41) is 7.47. The molecule has 1 aliphatic heterocycles. The first-order valence-corrected chi connectivity index (χ1v) is 8.04. The number of hydrogen-bond acceptors (Lipinski definition) is 2. The van der Waals surface area contributed by atoms with Gasteiger partial charge in [-0.05, 0) is 61.0 Å². The summed E-state index contributed by atoms with van der Waals surface area (Å²) in [7, 11) is 0. The van der Waals surface area contributed by atoms with Crippen molar-refractivity contribution in [1.29, 1.82) is 0 Å². The van der Waals surface area contributed by atoms with Gasteiger partial charge in [-0.15, -0.1) is 0 Å². The highest BCUT2D eigenvalue weighted by atomic mass is 15.0. The van der Waals surface area contributed by atoms with Gasteiger partial charge in [0.2, 0.25) is 0 Å². The summed E-state index contributed by atoms with van der Waals surface area (Å²) >= 11 is 0. The van der Waals surface area contributed by atoms with E-state index in [1.807, 2.05) is 0 Å². The summed E-state index contributed by atoms with van der Waals surface area (Å²) < 4.78 is 0. The Balaban J connectivity index is 0.00000144. The van der Waals surface area contributed by atoms with Crippen molar-refractivity contribution in [3.63, 3.8) is 0 Å². The zero-order chi connectivity index (χ0) is 14.2. The van der Waals surface area contributed by atoms with Crippen LogP contribution in [-0.2, 0) is 0 Å². The molecule has 1 saturated carbocycles. The minimum absolute atomic E-state index is 0. The van der Waals surface area contributed by atoms with E-state index >= 15 is 0 Å². The van der Waals surface area contributed by atoms with Crippen molar-refractivity contribution in [3.05, 3.63) is 65.0 Å². The number of anilines is 1. The zero-order valence-electron chi connectivity index (χ0n) is 12.5. The van der Waals surface area contributed by atoms with Crippen LogP contribution in [0.15, 0.2) is 65.0 Å². The summed E-state index contributed by atoms with van der Waals surface area (Å²) in [6, 6.07) is 11.1. The predicted octanol–water partition coefficient (Wildman–Crippen LogP) is 4.60. The van der Waals surface area contributed by atoms with Crippen molar-refractivity contribution in [2.45, 2.75) is 38.6 Å². The van der Waals surface area contributed by atoms with E-state index in [1.54, 1.807) is 5.57 Å². The second kappa shape index (κ2) is 5.10. The van der Waals surface area contributed by atoms with Crippen LogP contribution in [0.4, 0.5) is 5.69 Å². The molecule has 0 spiro atoms. The molecule has 21 heavy (non-hydrogen) atoms. The smallest absolute Gasteiger partial charge is 0.0497 e. The summed E-state index contributed by atoms with van der Waals surface area (Å²) in [6.07, 6.45) is 9.52. The lowest BCUT2D eigenvalue weighted by Crippen LogP contribution is -2.35. The molecule has 0 bridgehead atoms. The van der Waals surface area contributed by atoms with Crippen LogP contribution in [-0.4, -0.2) is 6.04 Å². The molecule has 0 saturated heterocycles. The molecule has 1 aromatic carbocycles. The van der Waals surface area contributed by atoms with E-state index in [2.05, 4.69) is 60.0 Å². The van der Waals surface area contributed by atoms with Gasteiger partial charge in [-0.3, -0.25) is 0 Å². The molecule has 0 aromatic heterocycles. The van der Waals surface area contributed by atoms with Gasteiger partial charge in [-0.25, -0.2) is 0 Å². The topological polar surface area (TPSA) is 24.1 Å². The van der Waals surface area contributed by atoms with Gasteiger partial charge in [0.05, 0.1) is 0 Å². The molecule has 2 heteroatoms. The Hall–Kier alpha value is -1.96. The first-order chi connectivity index (χ1) is 10.3. The second-order valence-electron chi connectivity index (χ2n) is 6.41. The van der Waals surface area contributed by atoms with Crippen LogP contribution in [0.3, 0.4) is 0 Å². The highest BCUT2D eigenvalue weighted by molar-refractivity contribution is 5.60. The lowest BCUT2D eigenvalue weighted by molar-refractivity contribution is 0.607. The fourth-order valence-corrected chi connectivity index (χ4v) is 3.74. The number of benzene rings is 1. The number of nitrogens with one attached hydrogen (secondary N) is 2. The standard InChI is InChI=1S/C19H22N2.H2/c1-13-10-11-18-16(12-13)19(15-8-5-9-17(15)21-18)20-14-6-3-2-4-7-14;/h2-4,6-7,10-11,13,17,20-21H,5,8-9,12H2,1H3;1H. The van der Waals surface area contributed by atoms with Crippen LogP contribution in [0.2, 0.25) is 0 Å². The van der Waals surface area contributed by atoms with Gasteiger partial charge in [0.15, 0.2) is 0 Å². The van der Waals surface area contributed by atoms with Crippen LogP contribution < -0.4 is 10.6 Å². The maximum absolute atomic E-state index is 3.75. The molecule has 2 aliphatic carbocycles. The summed E-state index contributed by atoms with van der Waals surface area (Å²) in [5.74, 6) is 0.622. The molecular weight excluding hydrogens is 256 g/mol. The Morgan fingerprint density at radius 2 is 2.10 bits per heavy atom. The van der Waals surface area contributed by atoms with Crippen molar-refractivity contribution in [2.75, 3.05) is 5.32 Å². The van der Waals surface area contributed by atoms with Gasteiger partial charge in [0, 0.05) is 24.5 Å². The van der Waals surface area contributed by atoms with Gasteiger partial charge >= 0.3 is 0 Å². The number of allylic oxidation sites excluding steroid dienone is 3. The average molecular weight is 280 g/mol. The molecule has 2 unspecified atom stereocenters. The molecule has 110 valence electrons. The molecule has 4 rings (SSSR count). The Bertz CT molecular complexity index is 643. The summed E-state index contributed by atoms with van der Waals surface area (Å²) in [4.78, 5) is 0. The van der Waals surface area contributed by atoms with E-state index in [-0.39, 0.29) is 1.43 Å². The maximum Gasteiger partial charge on any atom is 0.0497 e. The minimum Gasteiger partial charge on any atom is -0.378 e. The lowest BCUT2D eigenvalue weighted by atomic mass is 9.86. The molecule has 2 atom stereocenters. The quantitative estimate of drug-likeness (QED) is 0.827. The number of rotatable bonds is 2. The third-order valence-corrected chi connectivity index (χ3v) is 4.80. The van der Waals surface area contributed by atoms with Crippen molar-refractivity contribution < 1.29 is 1.43 Å². The highest BCUT2D eigenvalue weighted by Crippen LogP contribution is 2.40. The van der Waals surface area contributed by atoms with Crippen LogP contribution in [0.1, 0.15) is 34.0 Å². The second-order valence-corrected chi connectivity index (χ2v) is 6.41. The van der Waals surface area contributed by atoms with E-state index < -0.39 is 0 Å². The lowest BCUT2D eigenvalue weighted by Gasteiger charge is -2.33. The highest BCUT2D eigenvalue weighted by Gasteiger charge is 2.32. The summed E-state index contributed by atoms with van der Waals surface area (Å²) in [5.41, 5.74) is 6.99. The van der Waals surface area contributed by atoms with Crippen LogP contribution in [0.25, 0.3) is 0 Å². The fourth-order valence-electron chi connectivity index (χ4n) is 3.74. The van der Waals surface area contributed by atoms with Crippen LogP contribution in [0, 0.1) is 5.92 Å². The van der Waals surface area contributed by atoms with Gasteiger partial charge < -0.3 is 10.6 Å². The zero-order valence-corrected chi connectivity index (χ0v) is 12.5. The van der Waals surface area contributed by atoms with Gasteiger partial charge in [0.1, 0.15) is 0 Å². The molecule has 0 amide bonds. The SMILES string of the molecule is CC1C=CC2=C(C1)C(Nc1ccccc1)=C1CCCC1N2.[HH]. The molecule has 0 radical (unpaired) electrons. The van der Waals surface area contributed by atoms with Crippen molar-refractivity contribution in [2.24, 2.45) is 5.92 Å². The van der Waals surface area contributed by atoms with E-state index in [0.717, 1.165) is 6.42 Å². The molecule has 1 fully saturated rings. The maximum atomic E-state index is 3.75. The van der Waals surface area contributed by atoms with Crippen molar-refractivity contribution >= 4 is 5.69 Å². The Morgan fingerprint density at radius 1 is 1.24 bits per heavy atom. The molecule has 3 aliphatic rings.